The normalized spacial score (nSPS) is 16.9. The molecule has 0 spiro atoms. The third-order valence-electron chi connectivity index (χ3n) is 2.82. The number of fused-ring (bicyclic) bond motifs is 1. The summed E-state index contributed by atoms with van der Waals surface area (Å²) in [5.74, 6) is 1.74. The second-order valence-electron chi connectivity index (χ2n) is 4.16. The maximum Gasteiger partial charge on any atom is 0.265 e. The lowest BCUT2D eigenvalue weighted by Gasteiger charge is -2.25. The van der Waals surface area contributed by atoms with E-state index in [1.54, 1.807) is 24.5 Å². The van der Waals surface area contributed by atoms with Gasteiger partial charge < -0.3 is 19.2 Å². The predicted molar refractivity (Wildman–Crippen MR) is 66.9 cm³/mol. The van der Waals surface area contributed by atoms with E-state index in [1.807, 2.05) is 18.2 Å². The van der Waals surface area contributed by atoms with E-state index in [1.165, 1.54) is 0 Å². The molecule has 2 heterocycles. The van der Waals surface area contributed by atoms with Crippen molar-refractivity contribution in [3.63, 3.8) is 0 Å². The van der Waals surface area contributed by atoms with E-state index in [2.05, 4.69) is 5.32 Å². The summed E-state index contributed by atoms with van der Waals surface area (Å²) in [5, 5.41) is 2.75. The van der Waals surface area contributed by atoms with Crippen LogP contribution in [0.1, 0.15) is 5.76 Å². The van der Waals surface area contributed by atoms with Gasteiger partial charge in [0.05, 0.1) is 12.8 Å². The Labute approximate surface area is 110 Å². The summed E-state index contributed by atoms with van der Waals surface area (Å²) in [6.45, 7) is 0.550. The molecule has 98 valence electrons. The minimum atomic E-state index is -0.634. The fourth-order valence-corrected chi connectivity index (χ4v) is 1.85. The van der Waals surface area contributed by atoms with Crippen LogP contribution in [0.25, 0.3) is 0 Å². The van der Waals surface area contributed by atoms with Crippen LogP contribution >= 0.6 is 0 Å². The summed E-state index contributed by atoms with van der Waals surface area (Å²) >= 11 is 0. The molecular weight excluding hydrogens is 246 g/mol. The molecule has 19 heavy (non-hydrogen) atoms. The first-order valence-corrected chi connectivity index (χ1v) is 6.01. The van der Waals surface area contributed by atoms with E-state index in [-0.39, 0.29) is 12.5 Å². The molecule has 3 rings (SSSR count). The van der Waals surface area contributed by atoms with Crippen LogP contribution in [0, 0.1) is 0 Å². The first kappa shape index (κ1) is 11.6. The van der Waals surface area contributed by atoms with Gasteiger partial charge in [-0.1, -0.05) is 12.1 Å². The van der Waals surface area contributed by atoms with Crippen molar-refractivity contribution in [1.82, 2.24) is 5.32 Å². The molecule has 1 aromatic carbocycles. The average molecular weight is 259 g/mol. The minimum Gasteiger partial charge on any atom is -0.485 e. The number of hydrogen-bond acceptors (Lipinski definition) is 4. The predicted octanol–water partition coefficient (Wildman–Crippen LogP) is 1.74. The molecule has 0 saturated carbocycles. The maximum absolute atomic E-state index is 11.9. The van der Waals surface area contributed by atoms with Crippen molar-refractivity contribution in [1.29, 1.82) is 0 Å². The van der Waals surface area contributed by atoms with Crippen molar-refractivity contribution in [3.05, 3.63) is 48.4 Å². The monoisotopic (exact) mass is 259 g/mol. The topological polar surface area (TPSA) is 60.7 Å². The van der Waals surface area contributed by atoms with E-state index >= 15 is 0 Å². The van der Waals surface area contributed by atoms with E-state index in [0.29, 0.717) is 23.8 Å². The number of amides is 1. The van der Waals surface area contributed by atoms with Crippen LogP contribution in [-0.4, -0.2) is 18.6 Å². The summed E-state index contributed by atoms with van der Waals surface area (Å²) in [6.07, 6.45) is 0.933. The quantitative estimate of drug-likeness (QED) is 0.912. The molecule has 1 N–H and O–H groups in total. The van der Waals surface area contributed by atoms with E-state index < -0.39 is 6.10 Å². The first-order chi connectivity index (χ1) is 9.33. The standard InChI is InChI=1S/C14H13NO4/c16-14(15-8-10-4-3-7-17-10)13-9-18-11-5-1-2-6-12(11)19-13/h1-7,13H,8-9H2,(H,15,16). The van der Waals surface area contributed by atoms with Crippen molar-refractivity contribution < 1.29 is 18.7 Å². The summed E-state index contributed by atoms with van der Waals surface area (Å²) in [6, 6.07) is 10.9. The minimum absolute atomic E-state index is 0.209. The van der Waals surface area contributed by atoms with Crippen molar-refractivity contribution >= 4 is 5.91 Å². The van der Waals surface area contributed by atoms with Gasteiger partial charge in [-0.25, -0.2) is 0 Å². The Morgan fingerprint density at radius 3 is 2.84 bits per heavy atom. The van der Waals surface area contributed by atoms with Gasteiger partial charge in [0, 0.05) is 0 Å². The highest BCUT2D eigenvalue weighted by Crippen LogP contribution is 2.30. The largest absolute Gasteiger partial charge is 0.485 e. The van der Waals surface area contributed by atoms with Gasteiger partial charge in [0.1, 0.15) is 12.4 Å². The molecule has 1 aliphatic rings. The highest BCUT2D eigenvalue weighted by molar-refractivity contribution is 5.81. The Morgan fingerprint density at radius 2 is 2.05 bits per heavy atom. The third kappa shape index (κ3) is 2.54. The Hall–Kier alpha value is -2.43. The van der Waals surface area contributed by atoms with Crippen LogP contribution in [-0.2, 0) is 11.3 Å². The summed E-state index contributed by atoms with van der Waals surface area (Å²) in [5.41, 5.74) is 0. The van der Waals surface area contributed by atoms with Gasteiger partial charge in [0.2, 0.25) is 6.10 Å². The number of ether oxygens (including phenoxy) is 2. The molecule has 1 unspecified atom stereocenters. The molecule has 1 atom stereocenters. The third-order valence-corrected chi connectivity index (χ3v) is 2.82. The highest BCUT2D eigenvalue weighted by atomic mass is 16.6. The zero-order chi connectivity index (χ0) is 13.1. The SMILES string of the molecule is O=C(NCc1ccco1)C1COc2ccccc2O1. The Balaban J connectivity index is 1.60. The van der Waals surface area contributed by atoms with Gasteiger partial charge in [-0.05, 0) is 24.3 Å². The van der Waals surface area contributed by atoms with Gasteiger partial charge >= 0.3 is 0 Å². The van der Waals surface area contributed by atoms with E-state index in [0.717, 1.165) is 0 Å². The van der Waals surface area contributed by atoms with E-state index in [4.69, 9.17) is 13.9 Å². The molecule has 0 radical (unpaired) electrons. The van der Waals surface area contributed by atoms with Crippen LogP contribution in [0.3, 0.4) is 0 Å². The molecule has 1 aliphatic heterocycles. The molecule has 0 aliphatic carbocycles. The van der Waals surface area contributed by atoms with Crippen LogP contribution in [0.4, 0.5) is 0 Å². The van der Waals surface area contributed by atoms with Gasteiger partial charge in [-0.3, -0.25) is 4.79 Å². The molecule has 5 nitrogen and oxygen atoms in total. The summed E-state index contributed by atoms with van der Waals surface area (Å²) < 4.78 is 16.2. The fraction of sp³-hybridized carbons (Fsp3) is 0.214. The number of para-hydroxylation sites is 2. The Kier molecular flexibility index (Phi) is 3.10. The van der Waals surface area contributed by atoms with Gasteiger partial charge in [-0.2, -0.15) is 0 Å². The van der Waals surface area contributed by atoms with Gasteiger partial charge in [-0.15, -0.1) is 0 Å². The number of furan rings is 1. The average Bonchev–Trinajstić information content (AvgIpc) is 2.97. The summed E-state index contributed by atoms with van der Waals surface area (Å²) in [7, 11) is 0. The van der Waals surface area contributed by atoms with Crippen molar-refractivity contribution in [2.75, 3.05) is 6.61 Å². The van der Waals surface area contributed by atoms with Crippen LogP contribution in [0.15, 0.2) is 47.1 Å². The molecule has 1 amide bonds. The molecule has 0 saturated heterocycles. The second-order valence-corrected chi connectivity index (χ2v) is 4.16. The smallest absolute Gasteiger partial charge is 0.265 e. The molecule has 0 fully saturated rings. The number of carbonyl (C=O) groups is 1. The Morgan fingerprint density at radius 1 is 1.21 bits per heavy atom. The first-order valence-electron chi connectivity index (χ1n) is 6.01. The van der Waals surface area contributed by atoms with Crippen molar-refractivity contribution in [3.8, 4) is 11.5 Å². The van der Waals surface area contributed by atoms with Crippen LogP contribution < -0.4 is 14.8 Å². The number of benzene rings is 1. The molecule has 1 aromatic heterocycles. The van der Waals surface area contributed by atoms with Crippen LogP contribution in [0.5, 0.6) is 11.5 Å². The lowest BCUT2D eigenvalue weighted by Crippen LogP contribution is -2.43. The zero-order valence-electron chi connectivity index (χ0n) is 10.2. The number of carbonyl (C=O) groups excluding carboxylic acids is 1. The van der Waals surface area contributed by atoms with E-state index in [9.17, 15) is 4.79 Å². The number of rotatable bonds is 3. The van der Waals surface area contributed by atoms with Gasteiger partial charge in [0.25, 0.3) is 5.91 Å². The highest BCUT2D eigenvalue weighted by Gasteiger charge is 2.26. The second kappa shape index (κ2) is 5.06. The van der Waals surface area contributed by atoms with Crippen LogP contribution in [0.2, 0.25) is 0 Å². The lowest BCUT2D eigenvalue weighted by molar-refractivity contribution is -0.130. The fourth-order valence-electron chi connectivity index (χ4n) is 1.85. The number of nitrogens with one attached hydrogen (secondary N) is 1. The molecule has 2 aromatic rings. The zero-order valence-corrected chi connectivity index (χ0v) is 10.2. The molecule has 0 bridgehead atoms. The molecule has 5 heteroatoms. The maximum atomic E-state index is 11.9. The van der Waals surface area contributed by atoms with Crippen molar-refractivity contribution in [2.24, 2.45) is 0 Å². The summed E-state index contributed by atoms with van der Waals surface area (Å²) in [4.78, 5) is 11.9. The van der Waals surface area contributed by atoms with Gasteiger partial charge in [0.15, 0.2) is 11.5 Å². The number of hydrogen-bond donors (Lipinski definition) is 1. The lowest BCUT2D eigenvalue weighted by atomic mass is 10.2. The molecular formula is C14H13NO4. The Bertz CT molecular complexity index is 565. The van der Waals surface area contributed by atoms with Crippen molar-refractivity contribution in [2.45, 2.75) is 12.6 Å².